The molecule has 0 aliphatic heterocycles. The lowest BCUT2D eigenvalue weighted by Crippen LogP contribution is -2.24. The number of carboxylic acids is 1. The van der Waals surface area contributed by atoms with Gasteiger partial charge in [0.25, 0.3) is 10.0 Å². The Kier molecular flexibility index (Phi) is 3.99. The molecule has 110 valence electrons. The van der Waals surface area contributed by atoms with E-state index in [1.54, 1.807) is 31.2 Å². The summed E-state index contributed by atoms with van der Waals surface area (Å²) < 4.78 is 26.9. The summed E-state index contributed by atoms with van der Waals surface area (Å²) in [6.45, 7) is 3.47. The second-order valence-corrected chi connectivity index (χ2v) is 6.42. The van der Waals surface area contributed by atoms with Gasteiger partial charge < -0.3 is 9.90 Å². The summed E-state index contributed by atoms with van der Waals surface area (Å²) >= 11 is 0. The number of carbonyl (C=O) groups excluding carboxylic acids is 1. The van der Waals surface area contributed by atoms with Crippen LogP contribution in [0.15, 0.2) is 47.4 Å². The lowest BCUT2D eigenvalue weighted by Gasteiger charge is -2.12. The lowest BCUT2D eigenvalue weighted by atomic mass is 10.1. The largest absolute Gasteiger partial charge is 0.545 e. The molecule has 2 rings (SSSR count). The van der Waals surface area contributed by atoms with Crippen LogP contribution in [0.5, 0.6) is 0 Å². The second kappa shape index (κ2) is 5.57. The number of hydrogen-bond acceptors (Lipinski definition) is 4. The summed E-state index contributed by atoms with van der Waals surface area (Å²) in [5, 5.41) is 11.0. The van der Waals surface area contributed by atoms with Gasteiger partial charge in [-0.05, 0) is 43.7 Å². The first-order valence-corrected chi connectivity index (χ1v) is 7.69. The van der Waals surface area contributed by atoms with Crippen LogP contribution in [0.4, 0.5) is 5.69 Å². The molecule has 6 heteroatoms. The summed E-state index contributed by atoms with van der Waals surface area (Å²) in [6.07, 6.45) is 0. The first-order chi connectivity index (χ1) is 9.79. The van der Waals surface area contributed by atoms with Gasteiger partial charge in [-0.25, -0.2) is 8.42 Å². The number of rotatable bonds is 4. The van der Waals surface area contributed by atoms with Gasteiger partial charge >= 0.3 is 0 Å². The highest BCUT2D eigenvalue weighted by molar-refractivity contribution is 7.92. The van der Waals surface area contributed by atoms with E-state index >= 15 is 0 Å². The lowest BCUT2D eigenvalue weighted by molar-refractivity contribution is -0.255. The number of anilines is 1. The van der Waals surface area contributed by atoms with Gasteiger partial charge in [0.05, 0.1) is 10.9 Å². The SMILES string of the molecule is Cc1ccc(NS(=O)(=O)c2ccc(C)c(C(=O)[O-])c2)cc1. The Labute approximate surface area is 123 Å². The molecule has 2 aromatic rings. The number of hydrogen-bond donors (Lipinski definition) is 1. The summed E-state index contributed by atoms with van der Waals surface area (Å²) in [6, 6.07) is 10.7. The predicted octanol–water partition coefficient (Wildman–Crippen LogP) is 1.47. The van der Waals surface area contributed by atoms with Crippen LogP contribution in [0, 0.1) is 13.8 Å². The molecule has 0 aliphatic carbocycles. The monoisotopic (exact) mass is 304 g/mol. The van der Waals surface area contributed by atoms with Crippen molar-refractivity contribution < 1.29 is 18.3 Å². The summed E-state index contributed by atoms with van der Waals surface area (Å²) in [4.78, 5) is 10.9. The number of aromatic carboxylic acids is 1. The van der Waals surface area contributed by atoms with Gasteiger partial charge in [-0.1, -0.05) is 23.8 Å². The topological polar surface area (TPSA) is 86.3 Å². The van der Waals surface area contributed by atoms with E-state index < -0.39 is 16.0 Å². The molecule has 5 nitrogen and oxygen atoms in total. The normalized spacial score (nSPS) is 11.1. The Morgan fingerprint density at radius 2 is 1.67 bits per heavy atom. The Bertz CT molecular complexity index is 780. The molecule has 1 N–H and O–H groups in total. The fraction of sp³-hybridized carbons (Fsp3) is 0.133. The van der Waals surface area contributed by atoms with Gasteiger partial charge in [-0.2, -0.15) is 0 Å². The molecular weight excluding hydrogens is 290 g/mol. The van der Waals surface area contributed by atoms with Crippen molar-refractivity contribution in [3.63, 3.8) is 0 Å². The van der Waals surface area contributed by atoms with E-state index in [0.29, 0.717) is 11.3 Å². The Morgan fingerprint density at radius 1 is 1.05 bits per heavy atom. The average Bonchev–Trinajstić information content (AvgIpc) is 2.41. The average molecular weight is 304 g/mol. The summed E-state index contributed by atoms with van der Waals surface area (Å²) in [5.41, 5.74) is 1.73. The van der Waals surface area contributed by atoms with Crippen molar-refractivity contribution in [1.82, 2.24) is 0 Å². The third-order valence-electron chi connectivity index (χ3n) is 3.04. The fourth-order valence-electron chi connectivity index (χ4n) is 1.82. The number of aryl methyl sites for hydroxylation is 2. The minimum Gasteiger partial charge on any atom is -0.545 e. The molecule has 0 bridgehead atoms. The molecule has 0 aromatic heterocycles. The van der Waals surface area contributed by atoms with Crippen LogP contribution < -0.4 is 9.83 Å². The molecule has 0 spiro atoms. The van der Waals surface area contributed by atoms with E-state index in [2.05, 4.69) is 4.72 Å². The number of sulfonamides is 1. The highest BCUT2D eigenvalue weighted by Crippen LogP contribution is 2.19. The number of benzene rings is 2. The number of nitrogens with one attached hydrogen (secondary N) is 1. The van der Waals surface area contributed by atoms with Gasteiger partial charge in [0, 0.05) is 11.3 Å². The zero-order valence-corrected chi connectivity index (χ0v) is 12.4. The van der Waals surface area contributed by atoms with E-state index in [-0.39, 0.29) is 10.5 Å². The zero-order valence-electron chi connectivity index (χ0n) is 11.6. The third kappa shape index (κ3) is 3.41. The molecule has 0 fully saturated rings. The predicted molar refractivity (Wildman–Crippen MR) is 77.5 cm³/mol. The first-order valence-electron chi connectivity index (χ1n) is 6.21. The fourth-order valence-corrected chi connectivity index (χ4v) is 2.91. The van der Waals surface area contributed by atoms with Gasteiger partial charge in [0.2, 0.25) is 0 Å². The maximum absolute atomic E-state index is 12.2. The molecule has 0 amide bonds. The van der Waals surface area contributed by atoms with Crippen LogP contribution in [0.2, 0.25) is 0 Å². The first kappa shape index (κ1) is 15.1. The summed E-state index contributed by atoms with van der Waals surface area (Å²) in [7, 11) is -3.84. The van der Waals surface area contributed by atoms with Crippen LogP contribution >= 0.6 is 0 Å². The van der Waals surface area contributed by atoms with Gasteiger partial charge in [0.15, 0.2) is 0 Å². The molecule has 0 atom stereocenters. The molecule has 21 heavy (non-hydrogen) atoms. The molecule has 2 aromatic carbocycles. The van der Waals surface area contributed by atoms with Crippen molar-refractivity contribution in [2.75, 3.05) is 4.72 Å². The van der Waals surface area contributed by atoms with Crippen LogP contribution in [0.1, 0.15) is 21.5 Å². The highest BCUT2D eigenvalue weighted by atomic mass is 32.2. The van der Waals surface area contributed by atoms with Crippen LogP contribution in [0.25, 0.3) is 0 Å². The minimum absolute atomic E-state index is 0.118. The molecule has 0 heterocycles. The number of carbonyl (C=O) groups is 1. The standard InChI is InChI=1S/C15H15NO4S/c1-10-3-6-12(7-4-10)16-21(19,20)13-8-5-11(2)14(9-13)15(17)18/h3-9,16H,1-2H3,(H,17,18)/p-1. The smallest absolute Gasteiger partial charge is 0.261 e. The molecule has 0 radical (unpaired) electrons. The van der Waals surface area contributed by atoms with Crippen LogP contribution in [-0.2, 0) is 10.0 Å². The van der Waals surface area contributed by atoms with E-state index in [9.17, 15) is 18.3 Å². The van der Waals surface area contributed by atoms with Crippen molar-refractivity contribution in [2.24, 2.45) is 0 Å². The van der Waals surface area contributed by atoms with Crippen molar-refractivity contribution in [3.05, 3.63) is 59.2 Å². The number of carboxylic acid groups (broad SMARTS) is 1. The third-order valence-corrected chi connectivity index (χ3v) is 4.42. The molecule has 0 saturated carbocycles. The highest BCUT2D eigenvalue weighted by Gasteiger charge is 2.15. The van der Waals surface area contributed by atoms with Crippen LogP contribution in [-0.4, -0.2) is 14.4 Å². The maximum Gasteiger partial charge on any atom is 0.261 e. The Balaban J connectivity index is 2.38. The van der Waals surface area contributed by atoms with Gasteiger partial charge in [0.1, 0.15) is 0 Å². The zero-order chi connectivity index (χ0) is 15.6. The van der Waals surface area contributed by atoms with Crippen LogP contribution in [0.3, 0.4) is 0 Å². The maximum atomic E-state index is 12.2. The van der Waals surface area contributed by atoms with Gasteiger partial charge in [-0.3, -0.25) is 4.72 Å². The van der Waals surface area contributed by atoms with E-state index in [1.807, 2.05) is 6.92 Å². The van der Waals surface area contributed by atoms with Crippen molar-refractivity contribution in [1.29, 1.82) is 0 Å². The molecule has 0 saturated heterocycles. The Morgan fingerprint density at radius 3 is 2.24 bits per heavy atom. The van der Waals surface area contributed by atoms with E-state index in [1.165, 1.54) is 12.1 Å². The quantitative estimate of drug-likeness (QED) is 0.926. The molecule has 0 aliphatic rings. The van der Waals surface area contributed by atoms with Crippen molar-refractivity contribution >= 4 is 21.7 Å². The van der Waals surface area contributed by atoms with Gasteiger partial charge in [-0.15, -0.1) is 0 Å². The van der Waals surface area contributed by atoms with Crippen molar-refractivity contribution in [2.45, 2.75) is 18.7 Å². The molecule has 0 unspecified atom stereocenters. The summed E-state index contributed by atoms with van der Waals surface area (Å²) in [5.74, 6) is -1.40. The second-order valence-electron chi connectivity index (χ2n) is 4.74. The Hall–Kier alpha value is -2.34. The minimum atomic E-state index is -3.84. The van der Waals surface area contributed by atoms with E-state index in [4.69, 9.17) is 0 Å². The molecular formula is C15H14NO4S-. The van der Waals surface area contributed by atoms with Crippen molar-refractivity contribution in [3.8, 4) is 0 Å². The van der Waals surface area contributed by atoms with E-state index in [0.717, 1.165) is 11.6 Å².